The van der Waals surface area contributed by atoms with E-state index in [1.54, 1.807) is 7.11 Å². The van der Waals surface area contributed by atoms with E-state index in [-0.39, 0.29) is 5.04 Å². The molecule has 0 unspecified atom stereocenters. The highest BCUT2D eigenvalue weighted by Crippen LogP contribution is 2.38. The summed E-state index contributed by atoms with van der Waals surface area (Å²) < 4.78 is 12.5. The van der Waals surface area contributed by atoms with Gasteiger partial charge < -0.3 is 14.9 Å². The molecule has 5 heteroatoms. The summed E-state index contributed by atoms with van der Waals surface area (Å²) in [6.07, 6.45) is -0.878. The van der Waals surface area contributed by atoms with Crippen LogP contribution in [0.25, 0.3) is 0 Å². The number of benzene rings is 2. The number of amides is 1. The van der Waals surface area contributed by atoms with E-state index in [9.17, 15) is 4.79 Å². The van der Waals surface area contributed by atoms with E-state index in [0.717, 1.165) is 15.9 Å². The minimum Gasteiger partial charge on any atom is -0.393 e. The molecule has 0 aromatic heterocycles. The molecule has 0 spiro atoms. The van der Waals surface area contributed by atoms with Gasteiger partial charge in [0, 0.05) is 7.11 Å². The number of primary amides is 1. The fourth-order valence-electron chi connectivity index (χ4n) is 3.86. The highest BCUT2D eigenvalue weighted by molar-refractivity contribution is 6.99. The number of hydrogen-bond donors (Lipinski definition) is 1. The number of methoxy groups -OCH3 is 1. The lowest BCUT2D eigenvalue weighted by Crippen LogP contribution is -2.69. The third kappa shape index (κ3) is 5.04. The monoisotopic (exact) mass is 411 g/mol. The van der Waals surface area contributed by atoms with Crippen molar-refractivity contribution in [2.24, 2.45) is 5.73 Å². The molecule has 0 fully saturated rings. The van der Waals surface area contributed by atoms with Gasteiger partial charge in [0.15, 0.2) is 6.10 Å². The number of nitrogens with two attached hydrogens (primary N) is 1. The number of carbonyl (C=O) groups is 1. The van der Waals surface area contributed by atoms with Crippen molar-refractivity contribution < 1.29 is 14.0 Å². The smallest absolute Gasteiger partial charge is 0.262 e. The third-order valence-corrected chi connectivity index (χ3v) is 10.2. The Morgan fingerprint density at radius 1 is 1.03 bits per heavy atom. The largest absolute Gasteiger partial charge is 0.393 e. The van der Waals surface area contributed by atoms with Crippen molar-refractivity contribution in [1.29, 1.82) is 0 Å². The standard InChI is InChI=1S/C24H33NO3Si/c1-18(2)17-21(27-6)22(23(25)26)28-29(24(3,4)5,19-13-9-7-10-14-19)20-15-11-8-12-16-20/h7-16,21-22H,1,17H2,2-6H3,(H2,25,26)/t21-,22-/m1/s1. The van der Waals surface area contributed by atoms with Crippen LogP contribution in [0.5, 0.6) is 0 Å². The Labute approximate surface area is 175 Å². The Balaban J connectivity index is 2.72. The number of hydrogen-bond acceptors (Lipinski definition) is 3. The molecule has 0 saturated carbocycles. The lowest BCUT2D eigenvalue weighted by atomic mass is 10.1. The average molecular weight is 412 g/mol. The summed E-state index contributed by atoms with van der Waals surface area (Å²) in [5.41, 5.74) is 6.76. The Kier molecular flexibility index (Phi) is 7.58. The van der Waals surface area contributed by atoms with Gasteiger partial charge in [-0.1, -0.05) is 87.0 Å². The first kappa shape index (κ1) is 23.1. The zero-order chi connectivity index (χ0) is 21.7. The molecule has 2 rings (SSSR count). The van der Waals surface area contributed by atoms with Crippen LogP contribution in [-0.2, 0) is 14.0 Å². The molecule has 0 heterocycles. The van der Waals surface area contributed by atoms with Crippen LogP contribution in [0.1, 0.15) is 34.1 Å². The molecule has 0 radical (unpaired) electrons. The van der Waals surface area contributed by atoms with Gasteiger partial charge >= 0.3 is 0 Å². The zero-order valence-electron chi connectivity index (χ0n) is 18.1. The zero-order valence-corrected chi connectivity index (χ0v) is 19.1. The van der Waals surface area contributed by atoms with Crippen LogP contribution in [0.4, 0.5) is 0 Å². The summed E-state index contributed by atoms with van der Waals surface area (Å²) in [5, 5.41) is 1.93. The molecule has 0 bridgehead atoms. The van der Waals surface area contributed by atoms with Gasteiger partial charge in [0.25, 0.3) is 8.32 Å². The van der Waals surface area contributed by atoms with Gasteiger partial charge in [-0.2, -0.15) is 0 Å². The summed E-state index contributed by atoms with van der Waals surface area (Å²) in [7, 11) is -1.33. The lowest BCUT2D eigenvalue weighted by Gasteiger charge is -2.45. The van der Waals surface area contributed by atoms with Gasteiger partial charge in [0.1, 0.15) is 0 Å². The maximum Gasteiger partial charge on any atom is 0.262 e. The maximum atomic E-state index is 12.6. The molecule has 0 aliphatic rings. The van der Waals surface area contributed by atoms with Crippen LogP contribution in [0, 0.1) is 0 Å². The van der Waals surface area contributed by atoms with Crippen LogP contribution in [0.2, 0.25) is 5.04 Å². The van der Waals surface area contributed by atoms with Crippen molar-refractivity contribution in [3.8, 4) is 0 Å². The van der Waals surface area contributed by atoms with E-state index in [2.05, 4.69) is 51.6 Å². The second-order valence-electron chi connectivity index (χ2n) is 8.54. The average Bonchev–Trinajstić information content (AvgIpc) is 2.67. The van der Waals surface area contributed by atoms with E-state index in [1.807, 2.05) is 43.3 Å². The minimum absolute atomic E-state index is 0.259. The highest BCUT2D eigenvalue weighted by Gasteiger charge is 2.53. The van der Waals surface area contributed by atoms with E-state index >= 15 is 0 Å². The van der Waals surface area contributed by atoms with Crippen LogP contribution in [0.3, 0.4) is 0 Å². The SMILES string of the molecule is C=C(C)C[C@@H](OC)[C@@H](O[Si](c1ccccc1)(c1ccccc1)C(C)(C)C)C(N)=O. The van der Waals surface area contributed by atoms with Crippen LogP contribution in [-0.4, -0.2) is 33.5 Å². The molecular formula is C24H33NO3Si. The minimum atomic E-state index is -2.92. The third-order valence-electron chi connectivity index (χ3n) is 5.19. The number of ether oxygens (including phenoxy) is 1. The topological polar surface area (TPSA) is 61.6 Å². The van der Waals surface area contributed by atoms with Gasteiger partial charge in [0.2, 0.25) is 5.91 Å². The van der Waals surface area contributed by atoms with Crippen molar-refractivity contribution in [3.63, 3.8) is 0 Å². The van der Waals surface area contributed by atoms with E-state index in [4.69, 9.17) is 14.9 Å². The Morgan fingerprint density at radius 2 is 1.48 bits per heavy atom. The summed E-state index contributed by atoms with van der Waals surface area (Å²) >= 11 is 0. The van der Waals surface area contributed by atoms with Crippen molar-refractivity contribution in [2.75, 3.05) is 7.11 Å². The number of carbonyl (C=O) groups excluding carboxylic acids is 1. The van der Waals surface area contributed by atoms with Crippen molar-refractivity contribution in [1.82, 2.24) is 0 Å². The Bertz CT molecular complexity index is 776. The molecule has 0 saturated heterocycles. The van der Waals surface area contributed by atoms with E-state index in [0.29, 0.717) is 6.42 Å². The van der Waals surface area contributed by atoms with Gasteiger partial charge in [-0.3, -0.25) is 4.79 Å². The molecule has 2 aromatic carbocycles. The fourth-order valence-corrected chi connectivity index (χ4v) is 8.52. The normalized spacial score (nSPS) is 14.2. The summed E-state index contributed by atoms with van der Waals surface area (Å²) in [6.45, 7) is 12.4. The van der Waals surface area contributed by atoms with Crippen LogP contribution < -0.4 is 16.1 Å². The van der Waals surface area contributed by atoms with Crippen molar-refractivity contribution in [2.45, 2.75) is 51.4 Å². The van der Waals surface area contributed by atoms with Crippen molar-refractivity contribution in [3.05, 3.63) is 72.8 Å². The molecule has 2 atom stereocenters. The van der Waals surface area contributed by atoms with E-state index < -0.39 is 26.4 Å². The molecular weight excluding hydrogens is 378 g/mol. The predicted octanol–water partition coefficient (Wildman–Crippen LogP) is 3.40. The molecule has 2 aromatic rings. The fraction of sp³-hybridized carbons (Fsp3) is 0.375. The van der Waals surface area contributed by atoms with Crippen molar-refractivity contribution >= 4 is 24.6 Å². The first-order chi connectivity index (χ1) is 13.6. The van der Waals surface area contributed by atoms with Gasteiger partial charge in [0.05, 0.1) is 6.10 Å². The Hall–Kier alpha value is -2.21. The second-order valence-corrected chi connectivity index (χ2v) is 12.8. The van der Waals surface area contributed by atoms with Gasteiger partial charge in [-0.15, -0.1) is 6.58 Å². The quantitative estimate of drug-likeness (QED) is 0.508. The molecule has 4 nitrogen and oxygen atoms in total. The first-order valence-corrected chi connectivity index (χ1v) is 11.8. The predicted molar refractivity (Wildman–Crippen MR) is 122 cm³/mol. The Morgan fingerprint density at radius 3 is 1.79 bits per heavy atom. The molecule has 29 heavy (non-hydrogen) atoms. The molecule has 0 aliphatic heterocycles. The summed E-state index contributed by atoms with van der Waals surface area (Å²) in [6, 6.07) is 20.4. The van der Waals surface area contributed by atoms with Crippen LogP contribution in [0.15, 0.2) is 72.8 Å². The molecule has 2 N–H and O–H groups in total. The molecule has 1 amide bonds. The maximum absolute atomic E-state index is 12.6. The highest BCUT2D eigenvalue weighted by atomic mass is 28.4. The molecule has 0 aliphatic carbocycles. The summed E-state index contributed by atoms with van der Waals surface area (Å²) in [4.78, 5) is 12.6. The lowest BCUT2D eigenvalue weighted by molar-refractivity contribution is -0.131. The first-order valence-electron chi connectivity index (χ1n) is 9.89. The summed E-state index contributed by atoms with van der Waals surface area (Å²) in [5.74, 6) is -0.522. The van der Waals surface area contributed by atoms with E-state index in [1.165, 1.54) is 0 Å². The number of rotatable bonds is 9. The molecule has 156 valence electrons. The van der Waals surface area contributed by atoms with Gasteiger partial charge in [-0.05, 0) is 28.8 Å². The van der Waals surface area contributed by atoms with Crippen LogP contribution >= 0.6 is 0 Å². The van der Waals surface area contributed by atoms with Gasteiger partial charge in [-0.25, -0.2) is 0 Å². The second kappa shape index (κ2) is 9.52.